The second-order valence-corrected chi connectivity index (χ2v) is 2.29. The lowest BCUT2D eigenvalue weighted by molar-refractivity contribution is -0.895. The normalized spacial score (nSPS) is 9.64. The van der Waals surface area contributed by atoms with Gasteiger partial charge in [0.25, 0.3) is 0 Å². The van der Waals surface area contributed by atoms with Crippen LogP contribution in [0, 0.1) is 0 Å². The van der Waals surface area contributed by atoms with Gasteiger partial charge in [-0.25, -0.2) is 0 Å². The Kier molecular flexibility index (Phi) is 2.90. The molecular formula is C9H14NO+. The zero-order valence-corrected chi connectivity index (χ0v) is 7.08. The Balaban J connectivity index is 2.83. The minimum atomic E-state index is 0.710. The first kappa shape index (κ1) is 8.05. The van der Waals surface area contributed by atoms with Crippen LogP contribution in [0.3, 0.4) is 0 Å². The lowest BCUT2D eigenvalue weighted by Gasteiger charge is -1.97. The van der Waals surface area contributed by atoms with Gasteiger partial charge in [-0.2, -0.15) is 0 Å². The number of rotatable bonds is 3. The minimum absolute atomic E-state index is 0.710. The summed E-state index contributed by atoms with van der Waals surface area (Å²) < 4.78 is 1.82. The van der Waals surface area contributed by atoms with Crippen LogP contribution in [0.2, 0.25) is 0 Å². The molecule has 1 rings (SSSR count). The second kappa shape index (κ2) is 3.96. The number of hydrogen-bond donors (Lipinski definition) is 0. The van der Waals surface area contributed by atoms with Crippen molar-refractivity contribution in [3.8, 4) is 0 Å². The van der Waals surface area contributed by atoms with Gasteiger partial charge in [0.05, 0.1) is 0 Å². The van der Waals surface area contributed by atoms with Crippen LogP contribution in [0.1, 0.15) is 19.5 Å². The number of pyridine rings is 1. The summed E-state index contributed by atoms with van der Waals surface area (Å²) >= 11 is 0. The average molecular weight is 152 g/mol. The van der Waals surface area contributed by atoms with E-state index in [1.54, 1.807) is 0 Å². The molecule has 0 N–H and O–H groups in total. The molecule has 0 aliphatic heterocycles. The van der Waals surface area contributed by atoms with Crippen molar-refractivity contribution in [3.05, 3.63) is 30.1 Å². The Morgan fingerprint density at radius 1 is 1.36 bits per heavy atom. The van der Waals surface area contributed by atoms with Gasteiger partial charge in [-0.3, -0.25) is 4.84 Å². The summed E-state index contributed by atoms with van der Waals surface area (Å²) in [5.41, 5.74) is 1.20. The third kappa shape index (κ3) is 1.93. The van der Waals surface area contributed by atoms with E-state index in [1.807, 2.05) is 30.0 Å². The van der Waals surface area contributed by atoms with Gasteiger partial charge < -0.3 is 0 Å². The van der Waals surface area contributed by atoms with Crippen molar-refractivity contribution in [2.24, 2.45) is 0 Å². The van der Waals surface area contributed by atoms with Gasteiger partial charge in [0.2, 0.25) is 11.9 Å². The SMILES string of the molecule is CCO[n+]1ccccc1CC. The van der Waals surface area contributed by atoms with Crippen molar-refractivity contribution in [2.45, 2.75) is 20.3 Å². The highest BCUT2D eigenvalue weighted by Crippen LogP contribution is 1.89. The van der Waals surface area contributed by atoms with Gasteiger partial charge in [0.15, 0.2) is 6.61 Å². The Morgan fingerprint density at radius 3 is 2.82 bits per heavy atom. The zero-order valence-electron chi connectivity index (χ0n) is 7.08. The molecule has 0 amide bonds. The minimum Gasteiger partial charge on any atom is -0.271 e. The number of nitrogens with zero attached hydrogens (tertiary/aromatic N) is 1. The third-order valence-corrected chi connectivity index (χ3v) is 1.53. The van der Waals surface area contributed by atoms with E-state index >= 15 is 0 Å². The molecule has 0 saturated carbocycles. The van der Waals surface area contributed by atoms with E-state index in [0.717, 1.165) is 6.42 Å². The maximum atomic E-state index is 5.34. The number of aryl methyl sites for hydroxylation is 1. The van der Waals surface area contributed by atoms with E-state index in [9.17, 15) is 0 Å². The Bertz CT molecular complexity index is 223. The first-order valence-electron chi connectivity index (χ1n) is 4.01. The summed E-state index contributed by atoms with van der Waals surface area (Å²) in [4.78, 5) is 5.34. The topological polar surface area (TPSA) is 13.1 Å². The Hall–Kier alpha value is -1.05. The summed E-state index contributed by atoms with van der Waals surface area (Å²) in [6, 6.07) is 6.05. The highest BCUT2D eigenvalue weighted by atomic mass is 16.7. The molecule has 1 heterocycles. The summed E-state index contributed by atoms with van der Waals surface area (Å²) in [7, 11) is 0. The first-order valence-corrected chi connectivity index (χ1v) is 4.01. The lowest BCUT2D eigenvalue weighted by Crippen LogP contribution is -2.45. The largest absolute Gasteiger partial charge is 0.271 e. The van der Waals surface area contributed by atoms with Crippen molar-refractivity contribution in [1.82, 2.24) is 0 Å². The molecule has 0 spiro atoms. The van der Waals surface area contributed by atoms with Crippen molar-refractivity contribution < 1.29 is 9.57 Å². The highest BCUT2D eigenvalue weighted by molar-refractivity contribution is 4.95. The predicted molar refractivity (Wildman–Crippen MR) is 43.1 cm³/mol. The van der Waals surface area contributed by atoms with Crippen LogP contribution in [-0.2, 0) is 6.42 Å². The van der Waals surface area contributed by atoms with Crippen LogP contribution in [-0.4, -0.2) is 6.61 Å². The quantitative estimate of drug-likeness (QED) is 0.588. The fraction of sp³-hybridized carbons (Fsp3) is 0.444. The molecule has 2 nitrogen and oxygen atoms in total. The van der Waals surface area contributed by atoms with Crippen LogP contribution in [0.25, 0.3) is 0 Å². The van der Waals surface area contributed by atoms with E-state index in [4.69, 9.17) is 4.84 Å². The van der Waals surface area contributed by atoms with Crippen molar-refractivity contribution in [2.75, 3.05) is 6.61 Å². The van der Waals surface area contributed by atoms with Gasteiger partial charge in [0, 0.05) is 23.3 Å². The molecular weight excluding hydrogens is 138 g/mol. The maximum Gasteiger partial charge on any atom is 0.234 e. The molecule has 0 atom stereocenters. The standard InChI is InChI=1S/C9H14NO/c1-3-9-7-5-6-8-10(9)11-4-2/h5-8H,3-4H2,1-2H3/q+1. The summed E-state index contributed by atoms with van der Waals surface area (Å²) in [5.74, 6) is 0. The molecule has 60 valence electrons. The Labute approximate surface area is 67.4 Å². The molecule has 0 aliphatic rings. The monoisotopic (exact) mass is 152 g/mol. The van der Waals surface area contributed by atoms with Crippen LogP contribution in [0.5, 0.6) is 0 Å². The Morgan fingerprint density at radius 2 is 2.18 bits per heavy atom. The van der Waals surface area contributed by atoms with Crippen LogP contribution >= 0.6 is 0 Å². The van der Waals surface area contributed by atoms with Crippen molar-refractivity contribution in [3.63, 3.8) is 0 Å². The highest BCUT2D eigenvalue weighted by Gasteiger charge is 2.06. The fourth-order valence-electron chi connectivity index (χ4n) is 1.00. The fourth-order valence-corrected chi connectivity index (χ4v) is 1.00. The van der Waals surface area contributed by atoms with Crippen LogP contribution in [0.15, 0.2) is 24.4 Å². The van der Waals surface area contributed by atoms with Crippen molar-refractivity contribution in [1.29, 1.82) is 0 Å². The summed E-state index contributed by atoms with van der Waals surface area (Å²) in [6.45, 7) is 4.81. The smallest absolute Gasteiger partial charge is 0.234 e. The zero-order chi connectivity index (χ0) is 8.10. The van der Waals surface area contributed by atoms with E-state index in [2.05, 4.69) is 13.0 Å². The van der Waals surface area contributed by atoms with Gasteiger partial charge in [-0.1, -0.05) is 6.92 Å². The number of hydrogen-bond acceptors (Lipinski definition) is 1. The molecule has 0 aromatic carbocycles. The van der Waals surface area contributed by atoms with Crippen LogP contribution < -0.4 is 9.57 Å². The van der Waals surface area contributed by atoms with Crippen molar-refractivity contribution >= 4 is 0 Å². The van der Waals surface area contributed by atoms with E-state index < -0.39 is 0 Å². The molecule has 0 unspecified atom stereocenters. The second-order valence-electron chi connectivity index (χ2n) is 2.29. The molecule has 0 aliphatic carbocycles. The number of aromatic nitrogens is 1. The van der Waals surface area contributed by atoms with Gasteiger partial charge in [-0.15, -0.1) is 0 Å². The van der Waals surface area contributed by atoms with Gasteiger partial charge in [-0.05, 0) is 13.0 Å². The van der Waals surface area contributed by atoms with Gasteiger partial charge in [0.1, 0.15) is 0 Å². The first-order chi connectivity index (χ1) is 5.38. The summed E-state index contributed by atoms with van der Waals surface area (Å²) in [5, 5.41) is 0. The molecule has 0 radical (unpaired) electrons. The average Bonchev–Trinajstić information content (AvgIpc) is 2.06. The molecule has 0 saturated heterocycles. The van der Waals surface area contributed by atoms with E-state index in [1.165, 1.54) is 5.69 Å². The molecule has 2 heteroatoms. The van der Waals surface area contributed by atoms with E-state index in [0.29, 0.717) is 6.61 Å². The molecule has 0 fully saturated rings. The third-order valence-electron chi connectivity index (χ3n) is 1.53. The molecule has 0 bridgehead atoms. The predicted octanol–water partition coefficient (Wildman–Crippen LogP) is 0.985. The molecule has 11 heavy (non-hydrogen) atoms. The maximum absolute atomic E-state index is 5.34. The van der Waals surface area contributed by atoms with Crippen LogP contribution in [0.4, 0.5) is 0 Å². The van der Waals surface area contributed by atoms with E-state index in [-0.39, 0.29) is 0 Å². The molecule has 1 aromatic heterocycles. The summed E-state index contributed by atoms with van der Waals surface area (Å²) in [6.07, 6.45) is 2.93. The molecule has 1 aromatic rings. The van der Waals surface area contributed by atoms with Gasteiger partial charge >= 0.3 is 0 Å². The lowest BCUT2D eigenvalue weighted by atomic mass is 10.3.